The number of carbonyl (C=O) groups is 4. The number of aromatic nitrogens is 4. The molecule has 4 N–H and O–H groups in total. The van der Waals surface area contributed by atoms with Gasteiger partial charge >= 0.3 is 31.5 Å². The Hall–Kier alpha value is -14.7. The highest BCUT2D eigenvalue weighted by molar-refractivity contribution is 5.98. The molecule has 0 saturated carbocycles. The number of amides is 4. The minimum Gasteiger partial charge on any atom is -0.449 e. The minimum atomic E-state index is -4.84. The van der Waals surface area contributed by atoms with Gasteiger partial charge in [-0.25, -0.2) is 22.4 Å². The lowest BCUT2D eigenvalue weighted by atomic mass is 10.0. The van der Waals surface area contributed by atoms with Crippen molar-refractivity contribution >= 4 is 46.6 Å². The van der Waals surface area contributed by atoms with E-state index in [9.17, 15) is 109 Å². The molecule has 0 saturated heterocycles. The summed E-state index contributed by atoms with van der Waals surface area (Å²) in [6.45, 7) is 8.99. The number of nitrogens with zero attached hydrogens (tertiary/aromatic N) is 4. The molecule has 0 atom stereocenters. The maximum Gasteiger partial charge on any atom is 0.573 e. The number of nitrogens with one attached hydrogen (secondary N) is 4. The third-order valence-electron chi connectivity index (χ3n) is 17.3. The zero-order valence-electron chi connectivity index (χ0n) is 66.1. The summed E-state index contributed by atoms with van der Waals surface area (Å²) in [5.74, 6) is -4.78. The van der Waals surface area contributed by atoms with Gasteiger partial charge in [-0.15, -0.1) is 52.7 Å². The van der Waals surface area contributed by atoms with Crippen LogP contribution in [0.3, 0.4) is 0 Å². The molecule has 4 amide bonds. The first-order valence-corrected chi connectivity index (χ1v) is 37.4. The van der Waals surface area contributed by atoms with Gasteiger partial charge in [-0.1, -0.05) is 89.6 Å². The molecule has 21 nitrogen and oxygen atoms in total. The lowest BCUT2D eigenvalue weighted by Crippen LogP contribution is -2.23. The van der Waals surface area contributed by atoms with Crippen LogP contribution in [0.25, 0.3) is 67.3 Å². The number of pyridine rings is 4. The van der Waals surface area contributed by atoms with Crippen molar-refractivity contribution in [2.75, 3.05) is 27.9 Å². The average molecular weight is 1750 g/mol. The summed E-state index contributed by atoms with van der Waals surface area (Å²) in [6, 6.07) is 45.5. The molecule has 0 aliphatic carbocycles. The maximum absolute atomic E-state index is 13.4. The number of anilines is 4. The zero-order chi connectivity index (χ0) is 91.3. The molecule has 0 aliphatic heterocycles. The van der Waals surface area contributed by atoms with Crippen LogP contribution in [-0.2, 0) is 19.1 Å². The maximum atomic E-state index is 13.4. The summed E-state index contributed by atoms with van der Waals surface area (Å²) in [5, 5.41) is 10.5. The molecule has 654 valence electrons. The molecular weight excluding hydrogens is 1680 g/mol. The van der Waals surface area contributed by atoms with Crippen molar-refractivity contribution in [1.82, 2.24) is 18.3 Å². The monoisotopic (exact) mass is 1750 g/mol. The van der Waals surface area contributed by atoms with E-state index >= 15 is 0 Å². The number of hydrogen-bond donors (Lipinski definition) is 4. The number of benzene rings is 8. The molecule has 0 spiro atoms. The van der Waals surface area contributed by atoms with Gasteiger partial charge in [0.05, 0.1) is 29.4 Å². The Kier molecular flexibility index (Phi) is 31.4. The van der Waals surface area contributed by atoms with Gasteiger partial charge in [0.2, 0.25) is 17.7 Å². The van der Waals surface area contributed by atoms with E-state index in [4.69, 9.17) is 4.74 Å². The first-order valence-electron chi connectivity index (χ1n) is 37.4. The zero-order valence-corrected chi connectivity index (χ0v) is 66.1. The van der Waals surface area contributed by atoms with Crippen molar-refractivity contribution < 1.29 is 113 Å². The predicted molar refractivity (Wildman–Crippen MR) is 432 cm³/mol. The van der Waals surface area contributed by atoms with Crippen LogP contribution >= 0.6 is 0 Å². The van der Waals surface area contributed by atoms with Crippen molar-refractivity contribution in [2.24, 2.45) is 5.92 Å². The lowest BCUT2D eigenvalue weighted by molar-refractivity contribution is -0.275. The first kappa shape index (κ1) is 94.2. The molecule has 0 radical (unpaired) electrons. The Bertz CT molecular complexity index is 5800. The van der Waals surface area contributed by atoms with E-state index in [1.807, 2.05) is 13.8 Å². The Morgan fingerprint density at radius 2 is 0.584 bits per heavy atom. The van der Waals surface area contributed by atoms with E-state index < -0.39 is 100 Å². The highest BCUT2D eigenvalue weighted by atomic mass is 19.4. The lowest BCUT2D eigenvalue weighted by Gasteiger charge is -2.16. The van der Waals surface area contributed by atoms with E-state index in [0.717, 1.165) is 61.0 Å². The second-order valence-electron chi connectivity index (χ2n) is 26.9. The molecule has 37 heteroatoms. The topological polar surface area (TPSA) is 251 Å². The number of halogens is 16. The van der Waals surface area contributed by atoms with Crippen LogP contribution in [0.1, 0.15) is 66.7 Å². The Morgan fingerprint density at radius 1 is 0.336 bits per heavy atom. The van der Waals surface area contributed by atoms with E-state index in [0.29, 0.717) is 57.3 Å². The molecule has 8 aromatic carbocycles. The minimum absolute atomic E-state index is 0.135. The number of ether oxygens (including phenoxy) is 5. The smallest absolute Gasteiger partial charge is 0.449 e. The van der Waals surface area contributed by atoms with Crippen molar-refractivity contribution in [3.05, 3.63) is 308 Å². The van der Waals surface area contributed by atoms with Gasteiger partial charge in [0, 0.05) is 113 Å². The van der Waals surface area contributed by atoms with Crippen LogP contribution in [0.2, 0.25) is 0 Å². The fourth-order valence-electron chi connectivity index (χ4n) is 11.4. The SMILES string of the molecule is CC(C)C(=O)Nc1cc(=O)n(-c2ccc(OC(F)(F)F)cc2)cc1-c1ccc(F)cc1.CCC(=O)Nc1cc(=O)n(-c2ccc(OC(F)(F)F)cc2)cc1-c1ccc(F)cc1.CCCCC(=O)Nc1cc(=O)n(-c2ccc(OC(F)(F)F)cc2)cc1-c1ccc(F)cc1.CCCOC(=O)Nc1cc(=O)n(-c2ccc(OC(F)(F)F)cc2)cc1-c1ccc(F)cc1. The van der Waals surface area contributed by atoms with Crippen molar-refractivity contribution in [2.45, 2.75) is 92.2 Å². The van der Waals surface area contributed by atoms with Crippen molar-refractivity contribution in [1.29, 1.82) is 0 Å². The highest BCUT2D eigenvalue weighted by Crippen LogP contribution is 2.36. The second kappa shape index (κ2) is 41.7. The standard InChI is InChI=1S/C23H20F4N2O3.C22H18F4N2O4.C22H18F4N2O3.C21H16F4N2O3/c1-2-3-4-21(30)28-20-13-22(31)29(14-19(20)15-5-7-16(24)8-6-15)17-9-11-18(12-10-17)32-23(25,26)27;1-2-11-31-21(30)27-19-12-20(29)28(13-18(19)14-3-5-15(23)6-4-14)16-7-9-17(10-8-16)32-22(24,25)26;1-13(2)21(30)27-19-11-20(29)28(12-18(19)14-3-5-15(23)6-4-14)16-7-9-17(10-8-16)31-22(24,25)26;1-2-19(28)26-18-11-20(29)27(12-17(18)13-3-5-14(22)6-4-13)15-7-9-16(10-8-15)30-21(23,24)25/h5-14H,2-4H2,1H3,(H,28,30);3-10,12-13H,2,11H2,1H3,(H,27,30);3-13H,1-2H3,(H,27,30);3-12H,2H2,1H3,(H,26,28). The fraction of sp³-hybridized carbons (Fsp3) is 0.182. The average Bonchev–Trinajstić information content (AvgIpc) is 0.803. The van der Waals surface area contributed by atoms with Crippen molar-refractivity contribution in [3.8, 4) is 90.3 Å². The van der Waals surface area contributed by atoms with Gasteiger partial charge in [-0.2, -0.15) is 0 Å². The largest absolute Gasteiger partial charge is 0.573 e. The van der Waals surface area contributed by atoms with Crippen LogP contribution in [0.5, 0.6) is 23.0 Å². The summed E-state index contributed by atoms with van der Waals surface area (Å²) in [5.41, 5.74) is 3.67. The van der Waals surface area contributed by atoms with E-state index in [-0.39, 0.29) is 88.6 Å². The molecule has 12 rings (SSSR count). The summed E-state index contributed by atoms with van der Waals surface area (Å²) in [4.78, 5) is 99.0. The number of carbonyl (C=O) groups excluding carboxylic acids is 4. The Balaban J connectivity index is 0.000000189. The van der Waals surface area contributed by atoms with Crippen LogP contribution < -0.4 is 62.5 Å². The molecule has 125 heavy (non-hydrogen) atoms. The number of rotatable bonds is 23. The molecular formula is C88H72F16N8O13. The fourth-order valence-corrected chi connectivity index (χ4v) is 11.4. The van der Waals surface area contributed by atoms with Gasteiger partial charge < -0.3 is 39.6 Å². The van der Waals surface area contributed by atoms with Gasteiger partial charge in [0.1, 0.15) is 46.3 Å². The summed E-state index contributed by atoms with van der Waals surface area (Å²) >= 11 is 0. The third kappa shape index (κ3) is 28.2. The van der Waals surface area contributed by atoms with Crippen LogP contribution in [-0.4, -0.2) is 74.1 Å². The molecule has 4 aromatic heterocycles. The molecule has 0 bridgehead atoms. The van der Waals surface area contributed by atoms with Crippen LogP contribution in [0.4, 0.5) is 97.8 Å². The Morgan fingerprint density at radius 3 is 0.816 bits per heavy atom. The molecule has 0 unspecified atom stereocenters. The first-order chi connectivity index (χ1) is 59.0. The highest BCUT2D eigenvalue weighted by Gasteiger charge is 2.34. The number of alkyl halides is 12. The summed E-state index contributed by atoms with van der Waals surface area (Å²) < 4.78 is 227. The quantitative estimate of drug-likeness (QED) is 0.0436. The summed E-state index contributed by atoms with van der Waals surface area (Å²) in [6.07, 6.45) is -11.8. The van der Waals surface area contributed by atoms with Gasteiger partial charge in [-0.05, 0) is 181 Å². The van der Waals surface area contributed by atoms with Crippen LogP contribution in [0, 0.1) is 29.2 Å². The van der Waals surface area contributed by atoms with E-state index in [1.165, 1.54) is 207 Å². The summed E-state index contributed by atoms with van der Waals surface area (Å²) in [7, 11) is 0. The van der Waals surface area contributed by atoms with Gasteiger partial charge in [0.25, 0.3) is 22.2 Å². The van der Waals surface area contributed by atoms with Gasteiger partial charge in [-0.3, -0.25) is 57.1 Å². The Labute approximate surface area is 699 Å². The molecule has 4 heterocycles. The third-order valence-corrected chi connectivity index (χ3v) is 17.3. The molecule has 0 aliphatic rings. The molecule has 0 fully saturated rings. The van der Waals surface area contributed by atoms with Crippen molar-refractivity contribution in [3.63, 3.8) is 0 Å². The van der Waals surface area contributed by atoms with Crippen LogP contribution in [0.15, 0.2) is 262 Å². The number of unbranched alkanes of at least 4 members (excludes halogenated alkanes) is 1. The van der Waals surface area contributed by atoms with Gasteiger partial charge in [0.15, 0.2) is 0 Å². The number of hydrogen-bond acceptors (Lipinski definition) is 13. The van der Waals surface area contributed by atoms with E-state index in [1.54, 1.807) is 20.8 Å². The second-order valence-corrected chi connectivity index (χ2v) is 26.9. The normalized spacial score (nSPS) is 11.3. The predicted octanol–water partition coefficient (Wildman–Crippen LogP) is 21.2. The molecule has 12 aromatic rings. The van der Waals surface area contributed by atoms with E-state index in [2.05, 4.69) is 40.2 Å².